The van der Waals surface area contributed by atoms with Gasteiger partial charge in [0, 0.05) is 9.90 Å². The summed E-state index contributed by atoms with van der Waals surface area (Å²) in [4.78, 5) is 1.25. The molecule has 20 heavy (non-hydrogen) atoms. The van der Waals surface area contributed by atoms with Crippen LogP contribution < -0.4 is 5.32 Å². The molecule has 0 radical (unpaired) electrons. The first-order valence-electron chi connectivity index (χ1n) is 6.78. The molecular weight excluding hydrogens is 309 g/mol. The molecule has 0 saturated carbocycles. The lowest BCUT2D eigenvalue weighted by Gasteiger charge is -2.18. The fourth-order valence-electron chi connectivity index (χ4n) is 2.14. The second-order valence-corrected chi connectivity index (χ2v) is 7.09. The maximum absolute atomic E-state index is 6.22. The third-order valence-corrected chi connectivity index (χ3v) is 5.32. The number of hydrogen-bond donors (Lipinski definition) is 1. The summed E-state index contributed by atoms with van der Waals surface area (Å²) in [6.45, 7) is 7.23. The quantitative estimate of drug-likeness (QED) is 0.736. The van der Waals surface area contributed by atoms with Crippen molar-refractivity contribution in [2.75, 3.05) is 6.54 Å². The van der Waals surface area contributed by atoms with E-state index in [-0.39, 0.29) is 6.04 Å². The standard InChI is InChI=1S/C16H19Cl2NS/c1-4-7-19-15(14-9-11(3)16(18)20-14)12-5-6-13(17)10(2)8-12/h5-6,8-9,15,19H,4,7H2,1-3H3. The molecule has 0 bridgehead atoms. The van der Waals surface area contributed by atoms with Gasteiger partial charge in [0.25, 0.3) is 0 Å². The van der Waals surface area contributed by atoms with Crippen molar-refractivity contribution in [2.24, 2.45) is 0 Å². The lowest BCUT2D eigenvalue weighted by Crippen LogP contribution is -2.22. The lowest BCUT2D eigenvalue weighted by molar-refractivity contribution is 0.605. The van der Waals surface area contributed by atoms with Crippen molar-refractivity contribution in [2.45, 2.75) is 33.2 Å². The van der Waals surface area contributed by atoms with Gasteiger partial charge in [-0.3, -0.25) is 0 Å². The Morgan fingerprint density at radius 3 is 2.45 bits per heavy atom. The van der Waals surface area contributed by atoms with Gasteiger partial charge in [-0.1, -0.05) is 42.3 Å². The summed E-state index contributed by atoms with van der Waals surface area (Å²) in [5, 5.41) is 4.41. The molecule has 1 nitrogen and oxygen atoms in total. The monoisotopic (exact) mass is 327 g/mol. The van der Waals surface area contributed by atoms with Gasteiger partial charge in [-0.05, 0) is 55.6 Å². The highest BCUT2D eigenvalue weighted by atomic mass is 35.5. The van der Waals surface area contributed by atoms with E-state index in [1.165, 1.54) is 10.4 Å². The smallest absolute Gasteiger partial charge is 0.0961 e. The summed E-state index contributed by atoms with van der Waals surface area (Å²) in [6.07, 6.45) is 1.10. The Hall–Kier alpha value is -0.540. The minimum atomic E-state index is 0.183. The molecule has 1 atom stereocenters. The summed E-state index contributed by atoms with van der Waals surface area (Å²) in [6, 6.07) is 8.56. The van der Waals surface area contributed by atoms with Crippen molar-refractivity contribution in [3.8, 4) is 0 Å². The SMILES string of the molecule is CCCNC(c1ccc(Cl)c(C)c1)c1cc(C)c(Cl)s1. The molecule has 1 heterocycles. The van der Waals surface area contributed by atoms with Crippen molar-refractivity contribution >= 4 is 34.5 Å². The molecule has 0 spiro atoms. The van der Waals surface area contributed by atoms with Gasteiger partial charge in [0.15, 0.2) is 0 Å². The zero-order valence-electron chi connectivity index (χ0n) is 12.0. The van der Waals surface area contributed by atoms with Gasteiger partial charge in [0.05, 0.1) is 10.4 Å². The number of aryl methyl sites for hydroxylation is 2. The predicted molar refractivity (Wildman–Crippen MR) is 90.4 cm³/mol. The second-order valence-electron chi connectivity index (χ2n) is 5.00. The molecular formula is C16H19Cl2NS. The van der Waals surface area contributed by atoms with Crippen molar-refractivity contribution < 1.29 is 0 Å². The Morgan fingerprint density at radius 1 is 1.15 bits per heavy atom. The molecule has 1 unspecified atom stereocenters. The number of rotatable bonds is 5. The number of thiophene rings is 1. The van der Waals surface area contributed by atoms with Crippen LogP contribution in [0.4, 0.5) is 0 Å². The predicted octanol–water partition coefficient (Wildman–Crippen LogP) is 5.76. The first-order chi connectivity index (χ1) is 9.52. The third kappa shape index (κ3) is 3.56. The van der Waals surface area contributed by atoms with E-state index in [0.29, 0.717) is 0 Å². The van der Waals surface area contributed by atoms with Gasteiger partial charge >= 0.3 is 0 Å². The van der Waals surface area contributed by atoms with Crippen LogP contribution in [0.2, 0.25) is 9.36 Å². The molecule has 1 aromatic carbocycles. The van der Waals surface area contributed by atoms with Gasteiger partial charge in [0.1, 0.15) is 0 Å². The highest BCUT2D eigenvalue weighted by Gasteiger charge is 2.17. The van der Waals surface area contributed by atoms with E-state index in [1.807, 2.05) is 19.9 Å². The summed E-state index contributed by atoms with van der Waals surface area (Å²) in [5.74, 6) is 0. The lowest BCUT2D eigenvalue weighted by atomic mass is 10.0. The Kier molecular flexibility index (Phi) is 5.50. The third-order valence-electron chi connectivity index (χ3n) is 3.27. The van der Waals surface area contributed by atoms with E-state index in [4.69, 9.17) is 23.2 Å². The Labute approximate surface area is 134 Å². The number of hydrogen-bond acceptors (Lipinski definition) is 2. The van der Waals surface area contributed by atoms with Crippen molar-refractivity contribution in [1.29, 1.82) is 0 Å². The first kappa shape index (κ1) is 15.8. The van der Waals surface area contributed by atoms with Crippen LogP contribution in [0.3, 0.4) is 0 Å². The molecule has 0 fully saturated rings. The van der Waals surface area contributed by atoms with E-state index in [9.17, 15) is 0 Å². The fraction of sp³-hybridized carbons (Fsp3) is 0.375. The molecule has 2 rings (SSSR count). The summed E-state index contributed by atoms with van der Waals surface area (Å²) >= 11 is 14.0. The molecule has 0 amide bonds. The van der Waals surface area contributed by atoms with Gasteiger partial charge in [-0.25, -0.2) is 0 Å². The van der Waals surface area contributed by atoms with Crippen molar-refractivity contribution in [3.05, 3.63) is 55.2 Å². The van der Waals surface area contributed by atoms with Gasteiger partial charge in [-0.15, -0.1) is 11.3 Å². The average Bonchev–Trinajstić information content (AvgIpc) is 2.74. The van der Waals surface area contributed by atoms with E-state index in [1.54, 1.807) is 11.3 Å². The average molecular weight is 328 g/mol. The highest BCUT2D eigenvalue weighted by molar-refractivity contribution is 7.16. The van der Waals surface area contributed by atoms with Crippen LogP contribution in [0.1, 0.15) is 41.0 Å². The van der Waals surface area contributed by atoms with E-state index in [2.05, 4.69) is 30.4 Å². The van der Waals surface area contributed by atoms with Gasteiger partial charge in [0.2, 0.25) is 0 Å². The molecule has 1 aromatic heterocycles. The number of halogens is 2. The minimum absolute atomic E-state index is 0.183. The molecule has 1 N–H and O–H groups in total. The van der Waals surface area contributed by atoms with Gasteiger partial charge < -0.3 is 5.32 Å². The van der Waals surface area contributed by atoms with Crippen LogP contribution in [0.5, 0.6) is 0 Å². The maximum Gasteiger partial charge on any atom is 0.0961 e. The summed E-state index contributed by atoms with van der Waals surface area (Å²) < 4.78 is 0.869. The fourth-order valence-corrected chi connectivity index (χ4v) is 3.58. The van der Waals surface area contributed by atoms with Crippen LogP contribution in [-0.2, 0) is 0 Å². The molecule has 0 aliphatic rings. The minimum Gasteiger partial charge on any atom is -0.306 e. The number of nitrogens with one attached hydrogen (secondary N) is 1. The molecule has 4 heteroatoms. The van der Waals surface area contributed by atoms with Crippen molar-refractivity contribution in [1.82, 2.24) is 5.32 Å². The zero-order chi connectivity index (χ0) is 14.7. The molecule has 2 aromatic rings. The van der Waals surface area contributed by atoms with Crippen LogP contribution >= 0.6 is 34.5 Å². The van der Waals surface area contributed by atoms with E-state index >= 15 is 0 Å². The van der Waals surface area contributed by atoms with E-state index in [0.717, 1.165) is 33.5 Å². The Balaban J connectivity index is 2.38. The Bertz CT molecular complexity index is 573. The second kappa shape index (κ2) is 6.95. The first-order valence-corrected chi connectivity index (χ1v) is 8.35. The Morgan fingerprint density at radius 2 is 1.90 bits per heavy atom. The normalized spacial score (nSPS) is 12.7. The summed E-state index contributed by atoms with van der Waals surface area (Å²) in [5.41, 5.74) is 3.48. The molecule has 108 valence electrons. The maximum atomic E-state index is 6.22. The molecule has 0 aliphatic heterocycles. The number of benzene rings is 1. The van der Waals surface area contributed by atoms with Gasteiger partial charge in [-0.2, -0.15) is 0 Å². The van der Waals surface area contributed by atoms with Crippen LogP contribution in [0, 0.1) is 13.8 Å². The highest BCUT2D eigenvalue weighted by Crippen LogP contribution is 2.35. The molecule has 0 aliphatic carbocycles. The topological polar surface area (TPSA) is 12.0 Å². The van der Waals surface area contributed by atoms with Crippen molar-refractivity contribution in [3.63, 3.8) is 0 Å². The van der Waals surface area contributed by atoms with E-state index < -0.39 is 0 Å². The summed E-state index contributed by atoms with van der Waals surface area (Å²) in [7, 11) is 0. The van der Waals surface area contributed by atoms with Crippen LogP contribution in [0.15, 0.2) is 24.3 Å². The zero-order valence-corrected chi connectivity index (χ0v) is 14.3. The van der Waals surface area contributed by atoms with Crippen LogP contribution in [-0.4, -0.2) is 6.54 Å². The largest absolute Gasteiger partial charge is 0.306 e. The molecule has 0 saturated heterocycles. The van der Waals surface area contributed by atoms with Crippen LogP contribution in [0.25, 0.3) is 0 Å².